The first-order valence-corrected chi connectivity index (χ1v) is 5.65. The molecular formula is C13H12FN3O2. The number of halogens is 1. The number of anilines is 1. The quantitative estimate of drug-likeness (QED) is 0.883. The van der Waals surface area contributed by atoms with Crippen molar-refractivity contribution < 1.29 is 14.0 Å². The molecule has 0 aliphatic heterocycles. The maximum atomic E-state index is 12.7. The summed E-state index contributed by atoms with van der Waals surface area (Å²) < 4.78 is 12.7. The van der Waals surface area contributed by atoms with Gasteiger partial charge in [0.25, 0.3) is 5.91 Å². The van der Waals surface area contributed by atoms with E-state index in [1.165, 1.54) is 37.4 Å². The molecule has 0 atom stereocenters. The summed E-state index contributed by atoms with van der Waals surface area (Å²) in [7, 11) is 0. The first-order chi connectivity index (χ1) is 9.06. The minimum atomic E-state index is -0.416. The third-order valence-electron chi connectivity index (χ3n) is 2.49. The molecule has 0 spiro atoms. The van der Waals surface area contributed by atoms with Gasteiger partial charge in [-0.25, -0.2) is 4.39 Å². The van der Waals surface area contributed by atoms with Crippen LogP contribution in [0.3, 0.4) is 0 Å². The Balaban J connectivity index is 2.14. The van der Waals surface area contributed by atoms with Crippen molar-refractivity contribution in [3.05, 3.63) is 47.5 Å². The van der Waals surface area contributed by atoms with Gasteiger partial charge in [0.15, 0.2) is 0 Å². The third kappa shape index (κ3) is 3.25. The second-order valence-electron chi connectivity index (χ2n) is 4.11. The summed E-state index contributed by atoms with van der Waals surface area (Å²) in [4.78, 5) is 23.0. The highest BCUT2D eigenvalue weighted by atomic mass is 19.1. The van der Waals surface area contributed by atoms with E-state index in [1.54, 1.807) is 0 Å². The molecule has 0 aliphatic rings. The molecule has 1 aromatic heterocycles. The SMILES string of the molecule is CC(=O)Cc1cn[nH]c1C(=O)Nc1ccc(F)cc1. The van der Waals surface area contributed by atoms with Gasteiger partial charge in [-0.2, -0.15) is 5.10 Å². The second kappa shape index (κ2) is 5.43. The number of carbonyl (C=O) groups excluding carboxylic acids is 2. The molecule has 0 saturated carbocycles. The molecule has 0 saturated heterocycles. The molecule has 19 heavy (non-hydrogen) atoms. The molecule has 0 radical (unpaired) electrons. The van der Waals surface area contributed by atoms with Gasteiger partial charge in [-0.3, -0.25) is 14.7 Å². The number of carbonyl (C=O) groups is 2. The molecule has 1 amide bonds. The van der Waals surface area contributed by atoms with E-state index in [-0.39, 0.29) is 23.7 Å². The summed E-state index contributed by atoms with van der Waals surface area (Å²) in [6, 6.07) is 5.40. The fourth-order valence-electron chi connectivity index (χ4n) is 1.64. The van der Waals surface area contributed by atoms with Crippen LogP contribution >= 0.6 is 0 Å². The highest BCUT2D eigenvalue weighted by molar-refractivity contribution is 6.04. The maximum absolute atomic E-state index is 12.7. The van der Waals surface area contributed by atoms with Crippen LogP contribution in [0, 0.1) is 5.82 Å². The van der Waals surface area contributed by atoms with E-state index in [9.17, 15) is 14.0 Å². The molecule has 1 heterocycles. The number of Topliss-reactive ketones (excluding diaryl/α,β-unsaturated/α-hetero) is 1. The number of nitrogens with one attached hydrogen (secondary N) is 2. The largest absolute Gasteiger partial charge is 0.321 e. The minimum Gasteiger partial charge on any atom is -0.321 e. The van der Waals surface area contributed by atoms with Crippen LogP contribution in [-0.2, 0) is 11.2 Å². The molecule has 0 fully saturated rings. The van der Waals surface area contributed by atoms with E-state index in [0.29, 0.717) is 11.3 Å². The van der Waals surface area contributed by atoms with Gasteiger partial charge >= 0.3 is 0 Å². The van der Waals surface area contributed by atoms with Crippen LogP contribution < -0.4 is 5.32 Å². The molecule has 0 aliphatic carbocycles. The molecule has 6 heteroatoms. The van der Waals surface area contributed by atoms with Gasteiger partial charge in [-0.05, 0) is 31.2 Å². The lowest BCUT2D eigenvalue weighted by Gasteiger charge is -2.04. The summed E-state index contributed by atoms with van der Waals surface area (Å²) in [6.07, 6.45) is 1.59. The van der Waals surface area contributed by atoms with E-state index in [2.05, 4.69) is 15.5 Å². The van der Waals surface area contributed by atoms with Gasteiger partial charge in [-0.15, -0.1) is 0 Å². The maximum Gasteiger partial charge on any atom is 0.273 e. The summed E-state index contributed by atoms with van der Waals surface area (Å²) in [5, 5.41) is 8.91. The van der Waals surface area contributed by atoms with Gasteiger partial charge in [-0.1, -0.05) is 0 Å². The number of hydrogen-bond acceptors (Lipinski definition) is 3. The number of amides is 1. The Morgan fingerprint density at radius 2 is 2.00 bits per heavy atom. The van der Waals surface area contributed by atoms with Crippen LogP contribution in [0.15, 0.2) is 30.5 Å². The van der Waals surface area contributed by atoms with Crippen LogP contribution in [-0.4, -0.2) is 21.9 Å². The third-order valence-corrected chi connectivity index (χ3v) is 2.49. The summed E-state index contributed by atoms with van der Waals surface area (Å²) >= 11 is 0. The van der Waals surface area contributed by atoms with Gasteiger partial charge in [0, 0.05) is 17.7 Å². The molecule has 5 nitrogen and oxygen atoms in total. The van der Waals surface area contributed by atoms with Crippen molar-refractivity contribution >= 4 is 17.4 Å². The fraction of sp³-hybridized carbons (Fsp3) is 0.154. The van der Waals surface area contributed by atoms with Crippen LogP contribution in [0.5, 0.6) is 0 Å². The Kier molecular flexibility index (Phi) is 3.70. The highest BCUT2D eigenvalue weighted by Gasteiger charge is 2.15. The van der Waals surface area contributed by atoms with Gasteiger partial charge in [0.2, 0.25) is 0 Å². The number of benzene rings is 1. The fourth-order valence-corrected chi connectivity index (χ4v) is 1.64. The van der Waals surface area contributed by atoms with Crippen molar-refractivity contribution in [2.45, 2.75) is 13.3 Å². The van der Waals surface area contributed by atoms with E-state index >= 15 is 0 Å². The first-order valence-electron chi connectivity index (χ1n) is 5.65. The number of aromatic amines is 1. The van der Waals surface area contributed by atoms with Crippen LogP contribution in [0.25, 0.3) is 0 Å². The summed E-state index contributed by atoms with van der Waals surface area (Å²) in [5.41, 5.74) is 1.24. The normalized spacial score (nSPS) is 10.2. The zero-order chi connectivity index (χ0) is 13.8. The van der Waals surface area contributed by atoms with Crippen LogP contribution in [0.4, 0.5) is 10.1 Å². The number of nitrogens with zero attached hydrogens (tertiary/aromatic N) is 1. The lowest BCUT2D eigenvalue weighted by atomic mass is 10.1. The predicted octanol–water partition coefficient (Wildman–Crippen LogP) is 1.93. The van der Waals surface area contributed by atoms with Crippen LogP contribution in [0.1, 0.15) is 23.0 Å². The molecule has 2 rings (SSSR count). The van der Waals surface area contributed by atoms with Gasteiger partial charge in [0.05, 0.1) is 6.20 Å². The topological polar surface area (TPSA) is 74.8 Å². The number of hydrogen-bond donors (Lipinski definition) is 2. The lowest BCUT2D eigenvalue weighted by molar-refractivity contribution is -0.116. The van der Waals surface area contributed by atoms with Gasteiger partial charge < -0.3 is 5.32 Å². The average Bonchev–Trinajstić information content (AvgIpc) is 2.79. The average molecular weight is 261 g/mol. The first kappa shape index (κ1) is 12.9. The van der Waals surface area contributed by atoms with E-state index in [4.69, 9.17) is 0 Å². The van der Waals surface area contributed by atoms with Crippen molar-refractivity contribution in [2.24, 2.45) is 0 Å². The van der Waals surface area contributed by atoms with Crippen molar-refractivity contribution in [1.29, 1.82) is 0 Å². The molecule has 2 N–H and O–H groups in total. The Morgan fingerprint density at radius 1 is 1.32 bits per heavy atom. The predicted molar refractivity (Wildman–Crippen MR) is 67.3 cm³/mol. The number of aromatic nitrogens is 2. The van der Waals surface area contributed by atoms with Crippen molar-refractivity contribution in [3.63, 3.8) is 0 Å². The zero-order valence-electron chi connectivity index (χ0n) is 10.2. The Labute approximate surface area is 108 Å². The van der Waals surface area contributed by atoms with E-state index in [0.717, 1.165) is 0 Å². The number of rotatable bonds is 4. The second-order valence-corrected chi connectivity index (χ2v) is 4.11. The van der Waals surface area contributed by atoms with E-state index in [1.807, 2.05) is 0 Å². The zero-order valence-corrected chi connectivity index (χ0v) is 10.2. The van der Waals surface area contributed by atoms with Crippen molar-refractivity contribution in [3.8, 4) is 0 Å². The standard InChI is InChI=1S/C13H12FN3O2/c1-8(18)6-9-7-15-17-12(9)13(19)16-11-4-2-10(14)3-5-11/h2-5,7H,6H2,1H3,(H,15,17)(H,16,19). The summed E-state index contributed by atoms with van der Waals surface area (Å²) in [6.45, 7) is 1.44. The Hall–Kier alpha value is -2.50. The Morgan fingerprint density at radius 3 is 2.63 bits per heavy atom. The molecule has 98 valence electrons. The smallest absolute Gasteiger partial charge is 0.273 e. The summed E-state index contributed by atoms with van der Waals surface area (Å²) in [5.74, 6) is -0.852. The molecular weight excluding hydrogens is 249 g/mol. The monoisotopic (exact) mass is 261 g/mol. The number of ketones is 1. The minimum absolute atomic E-state index is 0.0581. The molecule has 2 aromatic rings. The van der Waals surface area contributed by atoms with Crippen LogP contribution in [0.2, 0.25) is 0 Å². The Bertz CT molecular complexity index is 605. The molecule has 1 aromatic carbocycles. The van der Waals surface area contributed by atoms with Crippen molar-refractivity contribution in [2.75, 3.05) is 5.32 Å². The van der Waals surface area contributed by atoms with Crippen molar-refractivity contribution in [1.82, 2.24) is 10.2 Å². The van der Waals surface area contributed by atoms with E-state index < -0.39 is 5.91 Å². The molecule has 0 unspecified atom stereocenters. The number of H-pyrrole nitrogens is 1. The highest BCUT2D eigenvalue weighted by Crippen LogP contribution is 2.12. The molecule has 0 bridgehead atoms. The lowest BCUT2D eigenvalue weighted by Crippen LogP contribution is -2.15. The van der Waals surface area contributed by atoms with Gasteiger partial charge in [0.1, 0.15) is 17.3 Å².